The summed E-state index contributed by atoms with van der Waals surface area (Å²) in [6.45, 7) is 0.511. The van der Waals surface area contributed by atoms with Crippen molar-refractivity contribution >= 4 is 79.1 Å². The number of ether oxygens (including phenoxy) is 2. The van der Waals surface area contributed by atoms with Crippen LogP contribution in [0.4, 0.5) is 4.79 Å². The van der Waals surface area contributed by atoms with Crippen LogP contribution in [0.5, 0.6) is 11.5 Å². The van der Waals surface area contributed by atoms with E-state index in [-0.39, 0.29) is 17.7 Å². The lowest BCUT2D eigenvalue weighted by Crippen LogP contribution is -2.27. The SMILES string of the molecule is COc1cc(/C=C2/SC(=O)N(Cc3cccc(Br)c3)C2=O)cc(I)c1OCc1ccccc1Cl. The van der Waals surface area contributed by atoms with Gasteiger partial charge < -0.3 is 9.47 Å². The smallest absolute Gasteiger partial charge is 0.293 e. The second kappa shape index (κ2) is 11.2. The first kappa shape index (κ1) is 25.1. The van der Waals surface area contributed by atoms with Crippen LogP contribution < -0.4 is 9.47 Å². The average molecular weight is 671 g/mol. The quantitative estimate of drug-likeness (QED) is 0.192. The van der Waals surface area contributed by atoms with Gasteiger partial charge in [0.1, 0.15) is 6.61 Å². The minimum absolute atomic E-state index is 0.219. The maximum atomic E-state index is 12.9. The Kier molecular flexibility index (Phi) is 8.23. The number of amides is 2. The van der Waals surface area contributed by atoms with E-state index in [1.54, 1.807) is 19.3 Å². The molecule has 5 nitrogen and oxygen atoms in total. The highest BCUT2D eigenvalue weighted by molar-refractivity contribution is 14.1. The molecule has 3 aromatic carbocycles. The summed E-state index contributed by atoms with van der Waals surface area (Å²) in [5, 5.41) is 0.337. The first-order valence-corrected chi connectivity index (χ1v) is 13.2. The Morgan fingerprint density at radius 1 is 1.12 bits per heavy atom. The Hall–Kier alpha value is -2.01. The Morgan fingerprint density at radius 3 is 2.65 bits per heavy atom. The van der Waals surface area contributed by atoms with Gasteiger partial charge in [-0.3, -0.25) is 14.5 Å². The van der Waals surface area contributed by atoms with Gasteiger partial charge in [0, 0.05) is 15.1 Å². The van der Waals surface area contributed by atoms with Crippen LogP contribution in [0.15, 0.2) is 70.0 Å². The maximum absolute atomic E-state index is 12.9. The zero-order chi connectivity index (χ0) is 24.2. The van der Waals surface area contributed by atoms with Gasteiger partial charge in [0.2, 0.25) is 0 Å². The van der Waals surface area contributed by atoms with E-state index in [1.807, 2.05) is 54.6 Å². The van der Waals surface area contributed by atoms with Gasteiger partial charge in [-0.15, -0.1) is 0 Å². The maximum Gasteiger partial charge on any atom is 0.293 e. The lowest BCUT2D eigenvalue weighted by molar-refractivity contribution is -0.123. The Labute approximate surface area is 228 Å². The molecule has 0 radical (unpaired) electrons. The predicted molar refractivity (Wildman–Crippen MR) is 147 cm³/mol. The first-order valence-electron chi connectivity index (χ1n) is 10.1. The summed E-state index contributed by atoms with van der Waals surface area (Å²) in [7, 11) is 1.56. The van der Waals surface area contributed by atoms with Gasteiger partial charge in [0.15, 0.2) is 11.5 Å². The number of nitrogens with zero attached hydrogens (tertiary/aromatic N) is 1. The number of imide groups is 1. The predicted octanol–water partition coefficient (Wildman–Crippen LogP) is 7.53. The molecule has 0 atom stereocenters. The number of hydrogen-bond donors (Lipinski definition) is 0. The van der Waals surface area contributed by atoms with Gasteiger partial charge in [-0.2, -0.15) is 0 Å². The number of carbonyl (C=O) groups is 2. The third-order valence-electron chi connectivity index (χ3n) is 4.98. The molecule has 0 saturated carbocycles. The summed E-state index contributed by atoms with van der Waals surface area (Å²) in [5.74, 6) is 0.796. The molecule has 3 aromatic rings. The van der Waals surface area contributed by atoms with Crippen LogP contribution in [0, 0.1) is 3.57 Å². The van der Waals surface area contributed by atoms with Crippen LogP contribution in [-0.2, 0) is 17.9 Å². The number of carbonyl (C=O) groups excluding carboxylic acids is 2. The van der Waals surface area contributed by atoms with E-state index in [9.17, 15) is 9.59 Å². The molecule has 34 heavy (non-hydrogen) atoms. The lowest BCUT2D eigenvalue weighted by Gasteiger charge is -2.14. The molecule has 0 aromatic heterocycles. The summed E-state index contributed by atoms with van der Waals surface area (Å²) in [6, 6.07) is 18.7. The molecule has 1 heterocycles. The number of hydrogen-bond acceptors (Lipinski definition) is 5. The van der Waals surface area contributed by atoms with Gasteiger partial charge in [-0.1, -0.05) is 57.9 Å². The summed E-state index contributed by atoms with van der Waals surface area (Å²) >= 11 is 12.7. The lowest BCUT2D eigenvalue weighted by atomic mass is 10.1. The van der Waals surface area contributed by atoms with Gasteiger partial charge in [0.05, 0.1) is 22.1 Å². The largest absolute Gasteiger partial charge is 0.493 e. The van der Waals surface area contributed by atoms with Crippen LogP contribution >= 0.6 is 61.9 Å². The first-order chi connectivity index (χ1) is 16.4. The molecular formula is C25H18BrClINO4S. The van der Waals surface area contributed by atoms with Crippen molar-refractivity contribution in [2.24, 2.45) is 0 Å². The van der Waals surface area contributed by atoms with Crippen molar-refractivity contribution in [3.63, 3.8) is 0 Å². The van der Waals surface area contributed by atoms with Gasteiger partial charge in [-0.05, 0) is 81.9 Å². The molecule has 0 unspecified atom stereocenters. The second-order valence-corrected chi connectivity index (χ2v) is 10.8. The molecule has 0 bridgehead atoms. The number of methoxy groups -OCH3 is 1. The molecule has 2 amide bonds. The van der Waals surface area contributed by atoms with Gasteiger partial charge in [-0.25, -0.2) is 0 Å². The average Bonchev–Trinajstić information content (AvgIpc) is 3.06. The summed E-state index contributed by atoms with van der Waals surface area (Å²) in [4.78, 5) is 27.1. The van der Waals surface area contributed by atoms with Crippen molar-refractivity contribution in [3.8, 4) is 11.5 Å². The molecule has 1 saturated heterocycles. The molecule has 1 fully saturated rings. The molecule has 0 N–H and O–H groups in total. The normalized spacial score (nSPS) is 14.7. The third-order valence-corrected chi connectivity index (χ3v) is 7.55. The Morgan fingerprint density at radius 2 is 1.91 bits per heavy atom. The number of halogens is 3. The van der Waals surface area contributed by atoms with E-state index < -0.39 is 0 Å². The van der Waals surface area contributed by atoms with Crippen molar-refractivity contribution in [2.45, 2.75) is 13.2 Å². The molecule has 0 spiro atoms. The highest BCUT2D eigenvalue weighted by Crippen LogP contribution is 2.38. The van der Waals surface area contributed by atoms with Crippen LogP contribution in [0.25, 0.3) is 6.08 Å². The molecule has 0 aliphatic carbocycles. The fourth-order valence-corrected chi connectivity index (χ4v) is 5.59. The van der Waals surface area contributed by atoms with Crippen molar-refractivity contribution in [2.75, 3.05) is 7.11 Å². The standard InChI is InChI=1S/C25H18BrClINO4S/c1-32-21-11-16(10-20(28)23(21)33-14-17-6-2-3-8-19(17)27)12-22-24(30)29(25(31)34-22)13-15-5-4-7-18(26)9-15/h2-12H,13-14H2,1H3/b22-12+. The molecule has 9 heteroatoms. The van der Waals surface area contributed by atoms with E-state index in [1.165, 1.54) is 4.90 Å². The van der Waals surface area contributed by atoms with Crippen LogP contribution in [0.2, 0.25) is 5.02 Å². The molecule has 1 aliphatic rings. The highest BCUT2D eigenvalue weighted by Gasteiger charge is 2.35. The van der Waals surface area contributed by atoms with Gasteiger partial charge in [0.25, 0.3) is 11.1 Å². The van der Waals surface area contributed by atoms with Crippen molar-refractivity contribution in [3.05, 3.63) is 95.3 Å². The number of rotatable bonds is 7. The van der Waals surface area contributed by atoms with Crippen LogP contribution in [0.3, 0.4) is 0 Å². The zero-order valence-electron chi connectivity index (χ0n) is 17.9. The van der Waals surface area contributed by atoms with E-state index in [2.05, 4.69) is 38.5 Å². The fraction of sp³-hybridized carbons (Fsp3) is 0.120. The third kappa shape index (κ3) is 5.79. The zero-order valence-corrected chi connectivity index (χ0v) is 23.2. The van der Waals surface area contributed by atoms with Crippen molar-refractivity contribution < 1.29 is 19.1 Å². The molecular weight excluding hydrogens is 653 g/mol. The summed E-state index contributed by atoms with van der Waals surface area (Å²) < 4.78 is 13.3. The van der Waals surface area contributed by atoms with E-state index in [0.29, 0.717) is 28.0 Å². The van der Waals surface area contributed by atoms with Crippen LogP contribution in [0.1, 0.15) is 16.7 Å². The summed E-state index contributed by atoms with van der Waals surface area (Å²) in [5.41, 5.74) is 2.47. The topological polar surface area (TPSA) is 55.8 Å². The van der Waals surface area contributed by atoms with E-state index in [4.69, 9.17) is 21.1 Å². The monoisotopic (exact) mass is 669 g/mol. The number of thioether (sulfide) groups is 1. The summed E-state index contributed by atoms with van der Waals surface area (Å²) in [6.07, 6.45) is 1.70. The second-order valence-electron chi connectivity index (χ2n) is 7.31. The Bertz CT molecular complexity index is 1300. The number of benzene rings is 3. The minimum atomic E-state index is -0.317. The van der Waals surface area contributed by atoms with Gasteiger partial charge >= 0.3 is 0 Å². The minimum Gasteiger partial charge on any atom is -0.493 e. The molecule has 4 rings (SSSR count). The molecule has 174 valence electrons. The molecule has 1 aliphatic heterocycles. The van der Waals surface area contributed by atoms with E-state index in [0.717, 1.165) is 36.5 Å². The van der Waals surface area contributed by atoms with Crippen molar-refractivity contribution in [1.29, 1.82) is 0 Å². The van der Waals surface area contributed by atoms with Crippen molar-refractivity contribution in [1.82, 2.24) is 4.90 Å². The Balaban J connectivity index is 1.54. The van der Waals surface area contributed by atoms with E-state index >= 15 is 0 Å². The highest BCUT2D eigenvalue weighted by atomic mass is 127. The van der Waals surface area contributed by atoms with Crippen LogP contribution in [-0.4, -0.2) is 23.2 Å². The fourth-order valence-electron chi connectivity index (χ4n) is 3.33.